The van der Waals surface area contributed by atoms with Crippen molar-refractivity contribution in [2.75, 3.05) is 17.2 Å². The van der Waals surface area contributed by atoms with E-state index in [2.05, 4.69) is 10.6 Å². The van der Waals surface area contributed by atoms with E-state index in [1.54, 1.807) is 6.92 Å². The van der Waals surface area contributed by atoms with Crippen molar-refractivity contribution in [1.82, 2.24) is 0 Å². The van der Waals surface area contributed by atoms with Crippen molar-refractivity contribution in [2.45, 2.75) is 19.8 Å². The number of benzene rings is 2. The van der Waals surface area contributed by atoms with Crippen LogP contribution in [0.1, 0.15) is 27.9 Å². The van der Waals surface area contributed by atoms with Gasteiger partial charge in [0.05, 0.1) is 0 Å². The van der Waals surface area contributed by atoms with Crippen LogP contribution in [-0.2, 0) is 6.42 Å². The van der Waals surface area contributed by atoms with Crippen LogP contribution in [0.3, 0.4) is 0 Å². The predicted octanol–water partition coefficient (Wildman–Crippen LogP) is 3.74. The van der Waals surface area contributed by atoms with Gasteiger partial charge in [-0.05, 0) is 61.2 Å². The van der Waals surface area contributed by atoms with Crippen LogP contribution in [0.4, 0.5) is 15.8 Å². The van der Waals surface area contributed by atoms with Crippen molar-refractivity contribution in [3.8, 4) is 0 Å². The molecule has 2 aromatic rings. The molecule has 3 rings (SSSR count). The fraction of sp³-hybridized carbons (Fsp3) is 0.235. The molecule has 0 unspecified atom stereocenters. The van der Waals surface area contributed by atoms with E-state index >= 15 is 0 Å². The van der Waals surface area contributed by atoms with E-state index in [1.165, 1.54) is 18.2 Å². The molecule has 0 spiro atoms. The number of nitrogens with one attached hydrogen (secondary N) is 2. The highest BCUT2D eigenvalue weighted by atomic mass is 19.1. The second kappa shape index (κ2) is 5.56. The summed E-state index contributed by atoms with van der Waals surface area (Å²) in [5.41, 5.74) is 4.17. The van der Waals surface area contributed by atoms with Gasteiger partial charge in [-0.1, -0.05) is 6.07 Å². The Morgan fingerprint density at radius 2 is 2.14 bits per heavy atom. The van der Waals surface area contributed by atoms with Gasteiger partial charge in [-0.15, -0.1) is 0 Å². The predicted molar refractivity (Wildman–Crippen MR) is 82.3 cm³/mol. The van der Waals surface area contributed by atoms with Gasteiger partial charge in [-0.2, -0.15) is 0 Å². The molecule has 0 radical (unpaired) electrons. The van der Waals surface area contributed by atoms with Gasteiger partial charge in [-0.25, -0.2) is 4.39 Å². The summed E-state index contributed by atoms with van der Waals surface area (Å²) in [6.45, 7) is 2.70. The molecule has 2 aromatic carbocycles. The van der Waals surface area contributed by atoms with Gasteiger partial charge in [0.1, 0.15) is 5.82 Å². The Labute approximate surface area is 123 Å². The van der Waals surface area contributed by atoms with Crippen LogP contribution in [0.5, 0.6) is 0 Å². The molecule has 1 aliphatic heterocycles. The number of halogens is 1. The summed E-state index contributed by atoms with van der Waals surface area (Å²) in [5, 5.41) is 6.28. The van der Waals surface area contributed by atoms with E-state index < -0.39 is 0 Å². The van der Waals surface area contributed by atoms with Crippen molar-refractivity contribution in [1.29, 1.82) is 0 Å². The van der Waals surface area contributed by atoms with Gasteiger partial charge >= 0.3 is 0 Å². The molecule has 1 heterocycles. The number of hydrogen-bond acceptors (Lipinski definition) is 2. The number of hydrogen-bond donors (Lipinski definition) is 2. The monoisotopic (exact) mass is 284 g/mol. The summed E-state index contributed by atoms with van der Waals surface area (Å²) in [6.07, 6.45) is 2.00. The lowest BCUT2D eigenvalue weighted by atomic mass is 10.0. The van der Waals surface area contributed by atoms with E-state index in [0.717, 1.165) is 36.3 Å². The first kappa shape index (κ1) is 13.6. The molecule has 21 heavy (non-hydrogen) atoms. The highest BCUT2D eigenvalue weighted by Crippen LogP contribution is 2.29. The minimum absolute atomic E-state index is 0.202. The average Bonchev–Trinajstić information content (AvgIpc) is 2.47. The summed E-state index contributed by atoms with van der Waals surface area (Å²) >= 11 is 0. The molecular weight excluding hydrogens is 267 g/mol. The molecule has 0 atom stereocenters. The molecule has 0 saturated heterocycles. The molecule has 0 fully saturated rings. The Hall–Kier alpha value is -2.36. The van der Waals surface area contributed by atoms with Crippen LogP contribution in [0.25, 0.3) is 0 Å². The zero-order valence-electron chi connectivity index (χ0n) is 11.9. The number of carbonyl (C=O) groups is 1. The van der Waals surface area contributed by atoms with Crippen LogP contribution in [-0.4, -0.2) is 12.5 Å². The van der Waals surface area contributed by atoms with Gasteiger partial charge in [0.25, 0.3) is 5.91 Å². The van der Waals surface area contributed by atoms with E-state index in [1.807, 2.05) is 18.2 Å². The standard InChI is InChI=1S/C17H17FN2O/c1-11-10-12(18)7-8-13(11)17(21)20-16-6-2-5-15-14(16)4-3-9-19-15/h2,5-8,10,19H,3-4,9H2,1H3,(H,20,21). The second-order valence-corrected chi connectivity index (χ2v) is 5.28. The minimum atomic E-state index is -0.328. The Bertz CT molecular complexity index is 697. The lowest BCUT2D eigenvalue weighted by Gasteiger charge is -2.21. The Morgan fingerprint density at radius 1 is 1.29 bits per heavy atom. The fourth-order valence-corrected chi connectivity index (χ4v) is 2.70. The van der Waals surface area contributed by atoms with Crippen molar-refractivity contribution in [3.63, 3.8) is 0 Å². The summed E-state index contributed by atoms with van der Waals surface area (Å²) in [5.74, 6) is -0.531. The highest BCUT2D eigenvalue weighted by molar-refractivity contribution is 6.06. The third-order valence-electron chi connectivity index (χ3n) is 3.78. The quantitative estimate of drug-likeness (QED) is 0.882. The summed E-state index contributed by atoms with van der Waals surface area (Å²) in [4.78, 5) is 12.4. The molecule has 2 N–H and O–H groups in total. The van der Waals surface area contributed by atoms with Crippen molar-refractivity contribution in [3.05, 3.63) is 58.9 Å². The number of aryl methyl sites for hydroxylation is 1. The molecule has 1 aliphatic rings. The van der Waals surface area contributed by atoms with E-state index in [-0.39, 0.29) is 11.7 Å². The summed E-state index contributed by atoms with van der Waals surface area (Å²) < 4.78 is 13.1. The van der Waals surface area contributed by atoms with Gasteiger partial charge < -0.3 is 10.6 Å². The van der Waals surface area contributed by atoms with Crippen molar-refractivity contribution >= 4 is 17.3 Å². The van der Waals surface area contributed by atoms with Gasteiger partial charge in [0.15, 0.2) is 0 Å². The van der Waals surface area contributed by atoms with Crippen LogP contribution >= 0.6 is 0 Å². The smallest absolute Gasteiger partial charge is 0.255 e. The number of rotatable bonds is 2. The summed E-state index contributed by atoms with van der Waals surface area (Å²) in [7, 11) is 0. The SMILES string of the molecule is Cc1cc(F)ccc1C(=O)Nc1cccc2c1CCCN2. The number of anilines is 2. The molecule has 0 saturated carbocycles. The van der Waals surface area contributed by atoms with E-state index in [0.29, 0.717) is 11.1 Å². The summed E-state index contributed by atoms with van der Waals surface area (Å²) in [6, 6.07) is 10.1. The second-order valence-electron chi connectivity index (χ2n) is 5.28. The third kappa shape index (κ3) is 2.75. The number of amides is 1. The first-order valence-corrected chi connectivity index (χ1v) is 7.08. The largest absolute Gasteiger partial charge is 0.385 e. The maximum absolute atomic E-state index is 13.1. The number of carbonyl (C=O) groups excluding carboxylic acids is 1. The molecule has 0 aromatic heterocycles. The van der Waals surface area contributed by atoms with Crippen LogP contribution < -0.4 is 10.6 Å². The molecule has 0 bridgehead atoms. The zero-order valence-corrected chi connectivity index (χ0v) is 11.9. The first-order valence-electron chi connectivity index (χ1n) is 7.08. The molecule has 0 aliphatic carbocycles. The maximum atomic E-state index is 13.1. The number of fused-ring (bicyclic) bond motifs is 1. The normalized spacial score (nSPS) is 13.2. The molecular formula is C17H17FN2O. The van der Waals surface area contributed by atoms with Gasteiger partial charge in [0.2, 0.25) is 0 Å². The fourth-order valence-electron chi connectivity index (χ4n) is 2.70. The Kier molecular flexibility index (Phi) is 3.60. The Morgan fingerprint density at radius 3 is 2.95 bits per heavy atom. The lowest BCUT2D eigenvalue weighted by Crippen LogP contribution is -2.18. The van der Waals surface area contributed by atoms with Crippen molar-refractivity contribution in [2.24, 2.45) is 0 Å². The van der Waals surface area contributed by atoms with Crippen LogP contribution in [0, 0.1) is 12.7 Å². The maximum Gasteiger partial charge on any atom is 0.255 e. The lowest BCUT2D eigenvalue weighted by molar-refractivity contribution is 0.102. The van der Waals surface area contributed by atoms with E-state index in [9.17, 15) is 9.18 Å². The topological polar surface area (TPSA) is 41.1 Å². The van der Waals surface area contributed by atoms with Crippen LogP contribution in [0.15, 0.2) is 36.4 Å². The average molecular weight is 284 g/mol. The zero-order chi connectivity index (χ0) is 14.8. The Balaban J connectivity index is 1.88. The minimum Gasteiger partial charge on any atom is -0.385 e. The first-order chi connectivity index (χ1) is 10.1. The highest BCUT2D eigenvalue weighted by Gasteiger charge is 2.16. The molecule has 1 amide bonds. The van der Waals surface area contributed by atoms with Crippen molar-refractivity contribution < 1.29 is 9.18 Å². The molecule has 108 valence electrons. The molecule has 3 nitrogen and oxygen atoms in total. The van der Waals surface area contributed by atoms with Gasteiger partial charge in [-0.3, -0.25) is 4.79 Å². The third-order valence-corrected chi connectivity index (χ3v) is 3.78. The van der Waals surface area contributed by atoms with Gasteiger partial charge in [0, 0.05) is 23.5 Å². The van der Waals surface area contributed by atoms with E-state index in [4.69, 9.17) is 0 Å². The molecule has 4 heteroatoms. The van der Waals surface area contributed by atoms with Crippen LogP contribution in [0.2, 0.25) is 0 Å².